The number of nitrogens with zero attached hydrogens (tertiary/aromatic N) is 1. The summed E-state index contributed by atoms with van der Waals surface area (Å²) in [5.74, 6) is -0.0157. The number of fused-ring (bicyclic) bond motifs is 1. The van der Waals surface area contributed by atoms with E-state index in [1.54, 1.807) is 11.9 Å². The largest absolute Gasteiger partial charge is 0.373 e. The number of likely N-dealkylation sites (N-methyl/N-ethyl adjacent to an activating group) is 1. The molecule has 2 atom stereocenters. The summed E-state index contributed by atoms with van der Waals surface area (Å²) in [6.45, 7) is 0.672. The van der Waals surface area contributed by atoms with Crippen LogP contribution in [0.15, 0.2) is 24.3 Å². The summed E-state index contributed by atoms with van der Waals surface area (Å²) < 4.78 is 0. The first-order chi connectivity index (χ1) is 10.2. The zero-order valence-electron chi connectivity index (χ0n) is 12.3. The Labute approximate surface area is 124 Å². The minimum Gasteiger partial charge on any atom is -0.373 e. The number of carbonyl (C=O) groups excluding carboxylic acids is 2. The average Bonchev–Trinajstić information content (AvgIpc) is 2.97. The van der Waals surface area contributed by atoms with Gasteiger partial charge < -0.3 is 15.5 Å². The molecule has 2 amide bonds. The van der Waals surface area contributed by atoms with Crippen LogP contribution in [0.3, 0.4) is 0 Å². The summed E-state index contributed by atoms with van der Waals surface area (Å²) >= 11 is 0. The van der Waals surface area contributed by atoms with Crippen molar-refractivity contribution in [3.05, 3.63) is 29.8 Å². The summed E-state index contributed by atoms with van der Waals surface area (Å²) in [5.41, 5.74) is 2.20. The minimum atomic E-state index is -0.318. The molecule has 0 radical (unpaired) electrons. The van der Waals surface area contributed by atoms with Crippen molar-refractivity contribution in [2.75, 3.05) is 18.9 Å². The Morgan fingerprint density at radius 1 is 1.29 bits per heavy atom. The van der Waals surface area contributed by atoms with E-state index in [1.807, 2.05) is 24.3 Å². The van der Waals surface area contributed by atoms with Crippen LogP contribution in [0.25, 0.3) is 0 Å². The Bertz CT molecular complexity index is 533. The van der Waals surface area contributed by atoms with Gasteiger partial charge in [0.25, 0.3) is 0 Å². The molecule has 1 aromatic rings. The van der Waals surface area contributed by atoms with Crippen LogP contribution in [0.5, 0.6) is 0 Å². The van der Waals surface area contributed by atoms with Crippen molar-refractivity contribution in [2.45, 2.75) is 37.8 Å². The van der Waals surface area contributed by atoms with Crippen LogP contribution < -0.4 is 10.6 Å². The van der Waals surface area contributed by atoms with Gasteiger partial charge in [0.2, 0.25) is 11.8 Å². The molecule has 1 fully saturated rings. The molecule has 0 saturated carbocycles. The number of piperidine rings is 1. The lowest BCUT2D eigenvalue weighted by molar-refractivity contribution is -0.142. The van der Waals surface area contributed by atoms with Crippen LogP contribution in [0.2, 0.25) is 0 Å². The normalized spacial score (nSPS) is 24.1. The number of likely N-dealkylation sites (tertiary alicyclic amines) is 1. The van der Waals surface area contributed by atoms with Crippen molar-refractivity contribution in [1.82, 2.24) is 10.2 Å². The van der Waals surface area contributed by atoms with Gasteiger partial charge in [-0.25, -0.2) is 0 Å². The van der Waals surface area contributed by atoms with Crippen molar-refractivity contribution in [3.63, 3.8) is 0 Å². The van der Waals surface area contributed by atoms with Crippen LogP contribution in [0, 0.1) is 0 Å². The van der Waals surface area contributed by atoms with E-state index in [2.05, 4.69) is 10.6 Å². The molecule has 0 bridgehead atoms. The van der Waals surface area contributed by atoms with Crippen molar-refractivity contribution < 1.29 is 9.59 Å². The molecule has 0 aromatic heterocycles. The zero-order chi connectivity index (χ0) is 14.8. The molecule has 2 aliphatic rings. The number of carbonyl (C=O) groups is 2. The number of anilines is 1. The third kappa shape index (κ3) is 2.60. The fourth-order valence-electron chi connectivity index (χ4n) is 3.28. The number of amides is 2. The van der Waals surface area contributed by atoms with E-state index in [1.165, 1.54) is 5.56 Å². The second-order valence-corrected chi connectivity index (χ2v) is 5.72. The van der Waals surface area contributed by atoms with E-state index in [-0.39, 0.29) is 23.9 Å². The number of hydrogen-bond donors (Lipinski definition) is 2. The van der Waals surface area contributed by atoms with Gasteiger partial charge >= 0.3 is 0 Å². The van der Waals surface area contributed by atoms with Crippen molar-refractivity contribution in [1.29, 1.82) is 0 Å². The number of para-hydroxylation sites is 1. The first-order valence-corrected chi connectivity index (χ1v) is 7.57. The minimum absolute atomic E-state index is 0.0412. The van der Waals surface area contributed by atoms with Gasteiger partial charge in [0.05, 0.1) is 0 Å². The molecule has 3 rings (SSSR count). The highest BCUT2D eigenvalue weighted by molar-refractivity contribution is 5.92. The Hall–Kier alpha value is -2.04. The molecule has 1 unspecified atom stereocenters. The molecule has 2 aliphatic heterocycles. The lowest BCUT2D eigenvalue weighted by atomic mass is 9.99. The van der Waals surface area contributed by atoms with Crippen LogP contribution in [0.1, 0.15) is 24.8 Å². The predicted molar refractivity (Wildman–Crippen MR) is 81.0 cm³/mol. The highest BCUT2D eigenvalue weighted by Crippen LogP contribution is 2.27. The lowest BCUT2D eigenvalue weighted by Crippen LogP contribution is -2.55. The van der Waals surface area contributed by atoms with Gasteiger partial charge in [-0.3, -0.25) is 9.59 Å². The standard InChI is InChI=1S/C16H21N3O2/c1-17-15(20)14-8-4-5-9-19(14)16(21)13-10-11-6-2-3-7-12(11)18-13/h2-3,6-7,13-14,18H,4-5,8-10H2,1H3,(H,17,20)/t13-,14?/m0/s1. The Morgan fingerprint density at radius 3 is 2.86 bits per heavy atom. The van der Waals surface area contributed by atoms with E-state index >= 15 is 0 Å². The van der Waals surface area contributed by atoms with Gasteiger partial charge in [0.1, 0.15) is 12.1 Å². The highest BCUT2D eigenvalue weighted by atomic mass is 16.2. The molecule has 1 aromatic carbocycles. The van der Waals surface area contributed by atoms with E-state index in [9.17, 15) is 9.59 Å². The van der Waals surface area contributed by atoms with E-state index < -0.39 is 0 Å². The topological polar surface area (TPSA) is 61.4 Å². The summed E-state index contributed by atoms with van der Waals surface area (Å²) in [4.78, 5) is 26.5. The van der Waals surface area contributed by atoms with E-state index in [4.69, 9.17) is 0 Å². The Morgan fingerprint density at radius 2 is 2.10 bits per heavy atom. The zero-order valence-corrected chi connectivity index (χ0v) is 12.3. The van der Waals surface area contributed by atoms with Crippen molar-refractivity contribution in [2.24, 2.45) is 0 Å². The Balaban J connectivity index is 1.74. The third-order valence-electron chi connectivity index (χ3n) is 4.40. The molecule has 112 valence electrons. The molecule has 2 heterocycles. The fourth-order valence-corrected chi connectivity index (χ4v) is 3.28. The number of rotatable bonds is 2. The van der Waals surface area contributed by atoms with Gasteiger partial charge in [-0.1, -0.05) is 18.2 Å². The molecular weight excluding hydrogens is 266 g/mol. The van der Waals surface area contributed by atoms with Crippen LogP contribution in [0.4, 0.5) is 5.69 Å². The first-order valence-electron chi connectivity index (χ1n) is 7.57. The summed E-state index contributed by atoms with van der Waals surface area (Å²) in [6, 6.07) is 7.43. The number of nitrogens with one attached hydrogen (secondary N) is 2. The van der Waals surface area contributed by atoms with Gasteiger partial charge in [-0.15, -0.1) is 0 Å². The average molecular weight is 287 g/mol. The maximum atomic E-state index is 12.8. The van der Waals surface area contributed by atoms with E-state index in [0.717, 1.165) is 24.9 Å². The van der Waals surface area contributed by atoms with Crippen LogP contribution in [-0.4, -0.2) is 42.4 Å². The molecule has 0 aliphatic carbocycles. The van der Waals surface area contributed by atoms with Gasteiger partial charge in [-0.05, 0) is 30.9 Å². The summed E-state index contributed by atoms with van der Waals surface area (Å²) in [7, 11) is 1.63. The van der Waals surface area contributed by atoms with Crippen LogP contribution in [-0.2, 0) is 16.0 Å². The monoisotopic (exact) mass is 287 g/mol. The first kappa shape index (κ1) is 13.9. The quantitative estimate of drug-likeness (QED) is 0.858. The SMILES string of the molecule is CNC(=O)C1CCCCN1C(=O)[C@@H]1Cc2ccccc2N1. The Kier molecular flexibility index (Phi) is 3.82. The van der Waals surface area contributed by atoms with Crippen molar-refractivity contribution >= 4 is 17.5 Å². The molecule has 5 nitrogen and oxygen atoms in total. The lowest BCUT2D eigenvalue weighted by Gasteiger charge is -2.36. The second-order valence-electron chi connectivity index (χ2n) is 5.72. The van der Waals surface area contributed by atoms with E-state index in [0.29, 0.717) is 13.0 Å². The summed E-state index contributed by atoms with van der Waals surface area (Å²) in [5, 5.41) is 5.96. The molecule has 2 N–H and O–H groups in total. The molecule has 21 heavy (non-hydrogen) atoms. The van der Waals surface area contributed by atoms with Crippen LogP contribution >= 0.6 is 0 Å². The van der Waals surface area contributed by atoms with Gasteiger partial charge in [-0.2, -0.15) is 0 Å². The molecule has 5 heteroatoms. The molecular formula is C16H21N3O2. The van der Waals surface area contributed by atoms with Crippen molar-refractivity contribution in [3.8, 4) is 0 Å². The van der Waals surface area contributed by atoms with Gasteiger partial charge in [0.15, 0.2) is 0 Å². The number of benzene rings is 1. The molecule has 1 saturated heterocycles. The third-order valence-corrected chi connectivity index (χ3v) is 4.40. The highest BCUT2D eigenvalue weighted by Gasteiger charge is 2.37. The molecule has 0 spiro atoms. The van der Waals surface area contributed by atoms with Gasteiger partial charge in [0, 0.05) is 25.7 Å². The number of hydrogen-bond acceptors (Lipinski definition) is 3. The fraction of sp³-hybridized carbons (Fsp3) is 0.500. The smallest absolute Gasteiger partial charge is 0.246 e. The maximum Gasteiger partial charge on any atom is 0.246 e. The summed E-state index contributed by atoms with van der Waals surface area (Å²) in [6.07, 6.45) is 3.43. The predicted octanol–water partition coefficient (Wildman–Crippen LogP) is 1.15. The second kappa shape index (κ2) is 5.76. The maximum absolute atomic E-state index is 12.8.